The molecule has 126 valence electrons. The Kier molecular flexibility index (Phi) is 5.73. The molecule has 2 rings (SSSR count). The highest BCUT2D eigenvalue weighted by molar-refractivity contribution is 7.89. The van der Waals surface area contributed by atoms with Crippen molar-refractivity contribution in [2.24, 2.45) is 13.0 Å². The number of hydrogen-bond donors (Lipinski definition) is 2. The van der Waals surface area contributed by atoms with Crippen LogP contribution in [0, 0.1) is 5.92 Å². The molecule has 23 heavy (non-hydrogen) atoms. The molecule has 2 N–H and O–H groups in total. The van der Waals surface area contributed by atoms with Crippen LogP contribution in [0.5, 0.6) is 0 Å². The van der Waals surface area contributed by atoms with Gasteiger partial charge in [-0.3, -0.25) is 4.68 Å². The van der Waals surface area contributed by atoms with E-state index in [1.54, 1.807) is 16.8 Å². The topological polar surface area (TPSA) is 88.9 Å². The second-order valence-corrected chi connectivity index (χ2v) is 7.49. The number of hydrogen-bond acceptors (Lipinski definition) is 5. The van der Waals surface area contributed by atoms with Gasteiger partial charge in [-0.05, 0) is 30.5 Å². The van der Waals surface area contributed by atoms with Crippen LogP contribution < -0.4 is 10.0 Å². The molecule has 0 saturated carbocycles. The first-order valence-electron chi connectivity index (χ1n) is 7.56. The number of anilines is 1. The molecule has 2 aromatic rings. The molecule has 0 aromatic carbocycles. The number of nitrogens with zero attached hydrogens (tertiary/aromatic N) is 3. The number of aryl methyl sites for hydroxylation is 1. The summed E-state index contributed by atoms with van der Waals surface area (Å²) < 4.78 is 28.7. The molecule has 2 aromatic heterocycles. The molecule has 0 bridgehead atoms. The zero-order valence-electron chi connectivity index (χ0n) is 13.7. The van der Waals surface area contributed by atoms with Crippen molar-refractivity contribution in [2.45, 2.75) is 31.8 Å². The van der Waals surface area contributed by atoms with Crippen LogP contribution in [-0.4, -0.2) is 29.7 Å². The number of rotatable bonds is 8. The van der Waals surface area contributed by atoms with Gasteiger partial charge in [-0.2, -0.15) is 5.10 Å². The van der Waals surface area contributed by atoms with Gasteiger partial charge in [0.1, 0.15) is 5.82 Å². The zero-order chi connectivity index (χ0) is 16.9. The van der Waals surface area contributed by atoms with E-state index in [4.69, 9.17) is 0 Å². The van der Waals surface area contributed by atoms with Crippen LogP contribution in [-0.2, 0) is 23.6 Å². The van der Waals surface area contributed by atoms with E-state index < -0.39 is 10.0 Å². The second-order valence-electron chi connectivity index (χ2n) is 5.78. The molecule has 0 unspecified atom stereocenters. The van der Waals surface area contributed by atoms with Crippen LogP contribution in [0.1, 0.15) is 26.0 Å². The first kappa shape index (κ1) is 17.4. The first-order chi connectivity index (χ1) is 10.9. The van der Waals surface area contributed by atoms with Gasteiger partial charge in [-0.25, -0.2) is 18.1 Å². The lowest BCUT2D eigenvalue weighted by molar-refractivity contribution is 0.549. The molecule has 0 atom stereocenters. The predicted molar refractivity (Wildman–Crippen MR) is 89.4 cm³/mol. The fraction of sp³-hybridized carbons (Fsp3) is 0.467. The lowest BCUT2D eigenvalue weighted by Gasteiger charge is -2.09. The van der Waals surface area contributed by atoms with Gasteiger partial charge in [0.15, 0.2) is 5.03 Å². The maximum absolute atomic E-state index is 12.2. The second kappa shape index (κ2) is 7.56. The average molecular weight is 337 g/mol. The summed E-state index contributed by atoms with van der Waals surface area (Å²) in [5, 5.41) is 7.35. The Bertz CT molecular complexity index is 740. The maximum atomic E-state index is 12.2. The molecule has 7 nitrogen and oxygen atoms in total. The van der Waals surface area contributed by atoms with Crippen LogP contribution >= 0.6 is 0 Å². The fourth-order valence-corrected chi connectivity index (χ4v) is 2.97. The Balaban J connectivity index is 2.00. The van der Waals surface area contributed by atoms with E-state index in [2.05, 4.69) is 34.0 Å². The van der Waals surface area contributed by atoms with Crippen molar-refractivity contribution in [3.05, 3.63) is 36.2 Å². The number of nitrogens with one attached hydrogen (secondary N) is 2. The van der Waals surface area contributed by atoms with Gasteiger partial charge in [0, 0.05) is 19.8 Å². The normalized spacial score (nSPS) is 11.8. The Labute approximate surface area is 137 Å². The largest absolute Gasteiger partial charge is 0.364 e. The number of aromatic nitrogens is 3. The summed E-state index contributed by atoms with van der Waals surface area (Å²) in [5.41, 5.74) is 0.859. The highest BCUT2D eigenvalue weighted by atomic mass is 32.2. The summed E-state index contributed by atoms with van der Waals surface area (Å²) in [4.78, 5) is 4.17. The zero-order valence-corrected chi connectivity index (χ0v) is 14.5. The fourth-order valence-electron chi connectivity index (χ4n) is 1.96. The molecule has 0 saturated heterocycles. The third kappa shape index (κ3) is 5.33. The van der Waals surface area contributed by atoms with E-state index in [0.29, 0.717) is 24.8 Å². The summed E-state index contributed by atoms with van der Waals surface area (Å²) >= 11 is 0. The average Bonchev–Trinajstić information content (AvgIpc) is 2.90. The Morgan fingerprint density at radius 3 is 2.70 bits per heavy atom. The Hall–Kier alpha value is -1.93. The molecule has 0 amide bonds. The van der Waals surface area contributed by atoms with Crippen molar-refractivity contribution in [3.8, 4) is 0 Å². The monoisotopic (exact) mass is 337 g/mol. The first-order valence-corrected chi connectivity index (χ1v) is 9.04. The molecule has 8 heteroatoms. The number of sulfonamides is 1. The van der Waals surface area contributed by atoms with Gasteiger partial charge in [-0.1, -0.05) is 19.9 Å². The minimum Gasteiger partial charge on any atom is -0.364 e. The summed E-state index contributed by atoms with van der Waals surface area (Å²) in [6.45, 7) is 4.99. The van der Waals surface area contributed by atoms with Gasteiger partial charge >= 0.3 is 0 Å². The summed E-state index contributed by atoms with van der Waals surface area (Å²) in [6, 6.07) is 6.78. The van der Waals surface area contributed by atoms with Crippen molar-refractivity contribution in [1.82, 2.24) is 19.5 Å². The standard InChI is InChI=1S/C15H23N5O2S/c1-12(2)7-9-17-23(21,22)15-6-4-5-14(18-15)16-11-13-8-10-20(3)19-13/h4-6,8,10,12,17H,7,9,11H2,1-3H3,(H,16,18). The summed E-state index contributed by atoms with van der Waals surface area (Å²) in [7, 11) is -1.73. The van der Waals surface area contributed by atoms with Gasteiger partial charge in [0.05, 0.1) is 12.2 Å². The van der Waals surface area contributed by atoms with E-state index in [1.165, 1.54) is 6.07 Å². The molecule has 0 aliphatic carbocycles. The van der Waals surface area contributed by atoms with Crippen molar-refractivity contribution < 1.29 is 8.42 Å². The van der Waals surface area contributed by atoms with E-state index >= 15 is 0 Å². The van der Waals surface area contributed by atoms with Gasteiger partial charge < -0.3 is 5.32 Å². The SMILES string of the molecule is CC(C)CCNS(=O)(=O)c1cccc(NCc2ccn(C)n2)n1. The van der Waals surface area contributed by atoms with Crippen LogP contribution in [0.3, 0.4) is 0 Å². The van der Waals surface area contributed by atoms with Crippen LogP contribution in [0.2, 0.25) is 0 Å². The van der Waals surface area contributed by atoms with Crippen LogP contribution in [0.25, 0.3) is 0 Å². The minimum absolute atomic E-state index is 0.0206. The predicted octanol–water partition coefficient (Wildman–Crippen LogP) is 1.75. The highest BCUT2D eigenvalue weighted by Crippen LogP contribution is 2.11. The molecule has 0 spiro atoms. The van der Waals surface area contributed by atoms with E-state index in [9.17, 15) is 8.42 Å². The quantitative estimate of drug-likeness (QED) is 0.766. The van der Waals surface area contributed by atoms with Crippen molar-refractivity contribution in [2.75, 3.05) is 11.9 Å². The lowest BCUT2D eigenvalue weighted by Crippen LogP contribution is -2.26. The lowest BCUT2D eigenvalue weighted by atomic mass is 10.1. The maximum Gasteiger partial charge on any atom is 0.258 e. The smallest absolute Gasteiger partial charge is 0.258 e. The van der Waals surface area contributed by atoms with Crippen molar-refractivity contribution in [3.63, 3.8) is 0 Å². The van der Waals surface area contributed by atoms with Crippen molar-refractivity contribution >= 4 is 15.8 Å². The van der Waals surface area contributed by atoms with Crippen LogP contribution in [0.15, 0.2) is 35.5 Å². The molecular formula is C15H23N5O2S. The van der Waals surface area contributed by atoms with Gasteiger partial charge in [0.25, 0.3) is 10.0 Å². The molecule has 0 radical (unpaired) electrons. The van der Waals surface area contributed by atoms with E-state index in [1.807, 2.05) is 19.3 Å². The minimum atomic E-state index is -3.58. The Morgan fingerprint density at radius 2 is 2.04 bits per heavy atom. The summed E-state index contributed by atoms with van der Waals surface area (Å²) in [5.74, 6) is 0.944. The Morgan fingerprint density at radius 1 is 1.26 bits per heavy atom. The number of pyridine rings is 1. The molecule has 0 aliphatic rings. The molecular weight excluding hydrogens is 314 g/mol. The summed E-state index contributed by atoms with van der Waals surface area (Å²) in [6.07, 6.45) is 2.64. The highest BCUT2D eigenvalue weighted by Gasteiger charge is 2.15. The van der Waals surface area contributed by atoms with Crippen LogP contribution in [0.4, 0.5) is 5.82 Å². The molecule has 0 aliphatic heterocycles. The van der Waals surface area contributed by atoms with E-state index in [-0.39, 0.29) is 5.03 Å². The van der Waals surface area contributed by atoms with Crippen molar-refractivity contribution in [1.29, 1.82) is 0 Å². The van der Waals surface area contributed by atoms with Gasteiger partial charge in [-0.15, -0.1) is 0 Å². The third-order valence-electron chi connectivity index (χ3n) is 3.23. The third-order valence-corrected chi connectivity index (χ3v) is 4.59. The molecule has 2 heterocycles. The molecule has 0 fully saturated rings. The van der Waals surface area contributed by atoms with Gasteiger partial charge in [0.2, 0.25) is 0 Å². The van der Waals surface area contributed by atoms with E-state index in [0.717, 1.165) is 12.1 Å².